The minimum Gasteiger partial charge on any atom is -0.505 e. The van der Waals surface area contributed by atoms with Gasteiger partial charge in [-0.3, -0.25) is 4.79 Å². The number of benzene rings is 1. The lowest BCUT2D eigenvalue weighted by molar-refractivity contribution is 0.156. The second-order valence-electron chi connectivity index (χ2n) is 9.08. The van der Waals surface area contributed by atoms with E-state index in [0.717, 1.165) is 11.5 Å². The van der Waals surface area contributed by atoms with Crippen LogP contribution in [0.3, 0.4) is 0 Å². The highest BCUT2D eigenvalue weighted by Gasteiger charge is 2.34. The van der Waals surface area contributed by atoms with Gasteiger partial charge < -0.3 is 9.84 Å². The van der Waals surface area contributed by atoms with Crippen molar-refractivity contribution in [2.75, 3.05) is 0 Å². The van der Waals surface area contributed by atoms with Gasteiger partial charge in [0.05, 0.1) is 11.3 Å². The monoisotopic (exact) mass is 365 g/mol. The van der Waals surface area contributed by atoms with Gasteiger partial charge in [-0.1, -0.05) is 59.7 Å². The van der Waals surface area contributed by atoms with Crippen LogP contribution in [0.2, 0.25) is 0 Å². The lowest BCUT2D eigenvalue weighted by atomic mass is 9.82. The second-order valence-corrected chi connectivity index (χ2v) is 9.08. The summed E-state index contributed by atoms with van der Waals surface area (Å²) in [6.45, 7) is 12.4. The van der Waals surface area contributed by atoms with Gasteiger partial charge >= 0.3 is 0 Å². The van der Waals surface area contributed by atoms with Gasteiger partial charge in [0.2, 0.25) is 5.43 Å². The molecule has 0 fully saturated rings. The zero-order chi connectivity index (χ0) is 20.0. The summed E-state index contributed by atoms with van der Waals surface area (Å²) in [5.74, 6) is 1.28. The van der Waals surface area contributed by atoms with Crippen LogP contribution in [0.1, 0.15) is 53.0 Å². The average Bonchev–Trinajstić information content (AvgIpc) is 2.59. The van der Waals surface area contributed by atoms with Crippen molar-refractivity contribution < 1.29 is 9.84 Å². The first kappa shape index (κ1) is 19.2. The SMILES string of the molecule is CC(C)(C)C1=CC(c2c(O)/c(=N\c3ccccc3)c2=O)C=C(C(C)(C)C)O1. The fourth-order valence-electron chi connectivity index (χ4n) is 2.99. The molecule has 4 nitrogen and oxygen atoms in total. The molecule has 0 radical (unpaired) electrons. The molecule has 1 aliphatic rings. The number of nitrogens with zero attached hydrogens (tertiary/aromatic N) is 1. The number of rotatable bonds is 2. The van der Waals surface area contributed by atoms with Crippen molar-refractivity contribution in [2.45, 2.75) is 47.5 Å². The molecule has 0 amide bonds. The number of allylic oxidation sites excluding steroid dienone is 4. The number of aromatic hydroxyl groups is 1. The predicted molar refractivity (Wildman–Crippen MR) is 107 cm³/mol. The van der Waals surface area contributed by atoms with Crippen molar-refractivity contribution >= 4 is 5.69 Å². The highest BCUT2D eigenvalue weighted by Crippen LogP contribution is 2.42. The third-order valence-corrected chi connectivity index (χ3v) is 4.63. The minimum absolute atomic E-state index is 0.0234. The van der Waals surface area contributed by atoms with Crippen LogP contribution in [-0.4, -0.2) is 5.11 Å². The summed E-state index contributed by atoms with van der Waals surface area (Å²) in [7, 11) is 0. The third kappa shape index (κ3) is 3.75. The van der Waals surface area contributed by atoms with Gasteiger partial charge in [-0.25, -0.2) is 4.99 Å². The average molecular weight is 365 g/mol. The zero-order valence-electron chi connectivity index (χ0n) is 16.8. The smallest absolute Gasteiger partial charge is 0.215 e. The van der Waals surface area contributed by atoms with Crippen molar-refractivity contribution in [3.63, 3.8) is 0 Å². The van der Waals surface area contributed by atoms with E-state index in [2.05, 4.69) is 46.5 Å². The van der Waals surface area contributed by atoms with Gasteiger partial charge in [-0.15, -0.1) is 0 Å². The summed E-state index contributed by atoms with van der Waals surface area (Å²) < 4.78 is 6.13. The lowest BCUT2D eigenvalue weighted by Crippen LogP contribution is -2.37. The molecule has 1 N–H and O–H groups in total. The molecule has 1 aliphatic heterocycles. The van der Waals surface area contributed by atoms with E-state index in [1.54, 1.807) is 12.1 Å². The Morgan fingerprint density at radius 3 is 1.89 bits per heavy atom. The van der Waals surface area contributed by atoms with Crippen LogP contribution in [0.25, 0.3) is 0 Å². The molecule has 142 valence electrons. The van der Waals surface area contributed by atoms with Crippen molar-refractivity contribution in [2.24, 2.45) is 15.8 Å². The molecular weight excluding hydrogens is 338 g/mol. The van der Waals surface area contributed by atoms with Crippen LogP contribution in [0.5, 0.6) is 5.75 Å². The van der Waals surface area contributed by atoms with Crippen molar-refractivity contribution in [3.05, 3.63) is 75.1 Å². The fourth-order valence-corrected chi connectivity index (χ4v) is 2.99. The summed E-state index contributed by atoms with van der Waals surface area (Å²) in [4.78, 5) is 17.0. The van der Waals surface area contributed by atoms with Crippen molar-refractivity contribution in [1.82, 2.24) is 0 Å². The van der Waals surface area contributed by atoms with Gasteiger partial charge in [0.25, 0.3) is 0 Å². The third-order valence-electron chi connectivity index (χ3n) is 4.63. The molecule has 0 saturated heterocycles. The number of ether oxygens (including phenoxy) is 1. The van der Waals surface area contributed by atoms with E-state index in [-0.39, 0.29) is 33.3 Å². The summed E-state index contributed by atoms with van der Waals surface area (Å²) >= 11 is 0. The predicted octanol–water partition coefficient (Wildman–Crippen LogP) is 4.83. The summed E-state index contributed by atoms with van der Waals surface area (Å²) in [6.07, 6.45) is 3.86. The first-order valence-electron chi connectivity index (χ1n) is 9.23. The van der Waals surface area contributed by atoms with Crippen LogP contribution in [0.15, 0.2) is 63.8 Å². The van der Waals surface area contributed by atoms with E-state index in [1.165, 1.54) is 0 Å². The van der Waals surface area contributed by atoms with Gasteiger partial charge in [0.1, 0.15) is 11.5 Å². The molecule has 2 aromatic carbocycles. The Morgan fingerprint density at radius 2 is 1.44 bits per heavy atom. The lowest BCUT2D eigenvalue weighted by Gasteiger charge is -2.34. The molecule has 1 heterocycles. The van der Waals surface area contributed by atoms with E-state index in [1.807, 2.05) is 30.4 Å². The van der Waals surface area contributed by atoms with Gasteiger partial charge in [-0.2, -0.15) is 0 Å². The molecule has 0 saturated carbocycles. The Balaban J connectivity index is 2.07. The van der Waals surface area contributed by atoms with Crippen LogP contribution < -0.4 is 10.8 Å². The van der Waals surface area contributed by atoms with Crippen molar-refractivity contribution in [3.8, 4) is 5.75 Å². The maximum absolute atomic E-state index is 12.7. The topological polar surface area (TPSA) is 58.9 Å². The highest BCUT2D eigenvalue weighted by atomic mass is 16.5. The molecule has 0 bridgehead atoms. The Morgan fingerprint density at radius 1 is 0.926 bits per heavy atom. The fraction of sp³-hybridized carbons (Fsp3) is 0.391. The molecule has 4 heteroatoms. The summed E-state index contributed by atoms with van der Waals surface area (Å²) in [6, 6.07) is 9.18. The van der Waals surface area contributed by atoms with Crippen LogP contribution in [0.4, 0.5) is 5.69 Å². The number of hydrogen-bond acceptors (Lipinski definition) is 4. The molecule has 0 spiro atoms. The Labute approximate surface area is 160 Å². The zero-order valence-corrected chi connectivity index (χ0v) is 16.8. The van der Waals surface area contributed by atoms with E-state index < -0.39 is 0 Å². The second kappa shape index (κ2) is 6.52. The standard InChI is InChI=1S/C23H27NO3/c1-22(2,3)16-12-14(13-17(27-16)23(4,5)6)18-20(25)19(21(18)26)24-15-10-8-7-9-11-15/h7-14,25H,1-6H3/b24-19+. The Bertz CT molecular complexity index is 959. The van der Waals surface area contributed by atoms with Crippen LogP contribution in [0, 0.1) is 10.8 Å². The molecule has 0 aliphatic carbocycles. The van der Waals surface area contributed by atoms with Gasteiger partial charge in [0.15, 0.2) is 11.1 Å². The Hall–Kier alpha value is -2.62. The summed E-state index contributed by atoms with van der Waals surface area (Å²) in [5, 5.41) is 10.7. The molecule has 0 aromatic heterocycles. The normalized spacial score (nSPS) is 16.9. The van der Waals surface area contributed by atoms with Gasteiger partial charge in [0, 0.05) is 16.7 Å². The van der Waals surface area contributed by atoms with Crippen molar-refractivity contribution in [1.29, 1.82) is 0 Å². The molecule has 0 atom stereocenters. The molecule has 0 unspecified atom stereocenters. The molecule has 27 heavy (non-hydrogen) atoms. The van der Waals surface area contributed by atoms with E-state index >= 15 is 0 Å². The van der Waals surface area contributed by atoms with Gasteiger partial charge in [-0.05, 0) is 24.3 Å². The quantitative estimate of drug-likeness (QED) is 0.829. The van der Waals surface area contributed by atoms with Crippen LogP contribution in [-0.2, 0) is 4.74 Å². The highest BCUT2D eigenvalue weighted by molar-refractivity contribution is 5.49. The summed E-state index contributed by atoms with van der Waals surface area (Å²) in [5.41, 5.74) is 0.420. The first-order valence-corrected chi connectivity index (χ1v) is 9.23. The molecular formula is C23H27NO3. The molecule has 3 rings (SSSR count). The Kier molecular flexibility index (Phi) is 4.62. The maximum atomic E-state index is 12.7. The number of hydrogen-bond donors (Lipinski definition) is 1. The van der Waals surface area contributed by atoms with E-state index in [9.17, 15) is 9.90 Å². The largest absolute Gasteiger partial charge is 0.505 e. The van der Waals surface area contributed by atoms with Crippen LogP contribution >= 0.6 is 0 Å². The molecule has 2 aromatic rings. The van der Waals surface area contributed by atoms with E-state index in [4.69, 9.17) is 4.74 Å². The maximum Gasteiger partial charge on any atom is 0.215 e. The first-order chi connectivity index (χ1) is 12.5. The number of para-hydroxylation sites is 1. The van der Waals surface area contributed by atoms with E-state index in [0.29, 0.717) is 11.3 Å². The minimum atomic E-state index is -0.315.